The second-order valence-electron chi connectivity index (χ2n) is 6.81. The Bertz CT molecular complexity index is 1020. The lowest BCUT2D eigenvalue weighted by Crippen LogP contribution is -2.37. The van der Waals surface area contributed by atoms with Gasteiger partial charge in [-0.15, -0.1) is 0 Å². The van der Waals surface area contributed by atoms with Crippen molar-refractivity contribution in [2.75, 3.05) is 45.4 Å². The maximum absolute atomic E-state index is 13.5. The van der Waals surface area contributed by atoms with Gasteiger partial charge in [0, 0.05) is 27.3 Å². The lowest BCUT2D eigenvalue weighted by Gasteiger charge is -2.25. The molecule has 0 N–H and O–H groups in total. The molecule has 0 aromatic heterocycles. The van der Waals surface area contributed by atoms with Crippen LogP contribution < -0.4 is 4.90 Å². The number of amides is 2. The summed E-state index contributed by atoms with van der Waals surface area (Å²) in [6.45, 7) is 1.39. The number of ether oxygens (including phenoxy) is 2. The van der Waals surface area contributed by atoms with Crippen molar-refractivity contribution in [2.24, 2.45) is 0 Å². The maximum Gasteiger partial charge on any atom is 0.282 e. The molecule has 0 saturated heterocycles. The van der Waals surface area contributed by atoms with Crippen LogP contribution in [0.15, 0.2) is 54.2 Å². The highest BCUT2D eigenvalue weighted by atomic mass is 19.1. The fraction of sp³-hybridized carbons (Fsp3) is 0.261. The Kier molecular flexibility index (Phi) is 7.13. The molecule has 0 spiro atoms. The third-order valence-corrected chi connectivity index (χ3v) is 4.89. The van der Waals surface area contributed by atoms with E-state index in [4.69, 9.17) is 14.7 Å². The number of nitriles is 1. The average molecular weight is 423 g/mol. The molecule has 31 heavy (non-hydrogen) atoms. The summed E-state index contributed by atoms with van der Waals surface area (Å²) >= 11 is 0. The molecule has 160 valence electrons. The average Bonchev–Trinajstić information content (AvgIpc) is 3.04. The second-order valence-corrected chi connectivity index (χ2v) is 6.81. The number of halogens is 1. The zero-order chi connectivity index (χ0) is 22.4. The van der Waals surface area contributed by atoms with Crippen molar-refractivity contribution in [3.63, 3.8) is 0 Å². The highest BCUT2D eigenvalue weighted by Crippen LogP contribution is 2.34. The molecule has 0 bridgehead atoms. The Labute approximate surface area is 179 Å². The molecule has 0 aliphatic carbocycles. The molecular weight excluding hydrogens is 401 g/mol. The summed E-state index contributed by atoms with van der Waals surface area (Å²) in [5.41, 5.74) is 1.58. The predicted molar refractivity (Wildman–Crippen MR) is 112 cm³/mol. The molecule has 7 nitrogen and oxygen atoms in total. The van der Waals surface area contributed by atoms with Crippen LogP contribution in [-0.4, -0.2) is 57.2 Å². The van der Waals surface area contributed by atoms with Gasteiger partial charge >= 0.3 is 0 Å². The van der Waals surface area contributed by atoms with Gasteiger partial charge in [0.1, 0.15) is 11.5 Å². The molecule has 1 aliphatic heterocycles. The van der Waals surface area contributed by atoms with Gasteiger partial charge in [-0.2, -0.15) is 5.26 Å². The first-order valence-corrected chi connectivity index (χ1v) is 9.63. The van der Waals surface area contributed by atoms with E-state index in [9.17, 15) is 14.0 Å². The summed E-state index contributed by atoms with van der Waals surface area (Å²) < 4.78 is 23.8. The number of hydrogen-bond donors (Lipinski definition) is 0. The van der Waals surface area contributed by atoms with Gasteiger partial charge in [-0.25, -0.2) is 9.29 Å². The number of hydrogen-bond acceptors (Lipinski definition) is 6. The minimum atomic E-state index is -0.517. The third kappa shape index (κ3) is 4.63. The van der Waals surface area contributed by atoms with Crippen LogP contribution in [0.25, 0.3) is 5.57 Å². The van der Waals surface area contributed by atoms with E-state index in [1.54, 1.807) is 43.4 Å². The van der Waals surface area contributed by atoms with Gasteiger partial charge in [-0.1, -0.05) is 12.1 Å². The van der Waals surface area contributed by atoms with Gasteiger partial charge < -0.3 is 14.4 Å². The monoisotopic (exact) mass is 423 g/mol. The normalized spacial score (nSPS) is 13.7. The molecular formula is C23H22FN3O4. The van der Waals surface area contributed by atoms with Crippen molar-refractivity contribution >= 4 is 23.1 Å². The van der Waals surface area contributed by atoms with E-state index in [-0.39, 0.29) is 11.3 Å². The molecule has 3 rings (SSSR count). The van der Waals surface area contributed by atoms with Crippen molar-refractivity contribution in [3.8, 4) is 6.07 Å². The molecule has 1 heterocycles. The molecule has 0 unspecified atom stereocenters. The van der Waals surface area contributed by atoms with Gasteiger partial charge in [0.05, 0.1) is 36.1 Å². The van der Waals surface area contributed by atoms with E-state index < -0.39 is 17.6 Å². The first-order valence-electron chi connectivity index (χ1n) is 9.63. The Morgan fingerprint density at radius 1 is 0.935 bits per heavy atom. The summed E-state index contributed by atoms with van der Waals surface area (Å²) in [5.74, 6) is -1.46. The number of benzene rings is 2. The fourth-order valence-corrected chi connectivity index (χ4v) is 3.35. The highest BCUT2D eigenvalue weighted by Gasteiger charge is 2.42. The fourth-order valence-electron chi connectivity index (χ4n) is 3.35. The van der Waals surface area contributed by atoms with E-state index >= 15 is 0 Å². The SMILES string of the molecule is COCCN(CCOC)C1=C(c2ccc(F)cc2)C(=O)N(c2ccc(C#N)cc2)C1=O. The minimum Gasteiger partial charge on any atom is -0.383 e. The van der Waals surface area contributed by atoms with E-state index in [2.05, 4.69) is 0 Å². The standard InChI is InChI=1S/C23H22FN3O4/c1-30-13-11-26(12-14-31-2)21-20(17-5-7-18(24)8-6-17)22(28)27(23(21)29)19-9-3-16(15-25)4-10-19/h3-10H,11-14H2,1-2H3. The maximum atomic E-state index is 13.5. The number of nitrogens with zero attached hydrogens (tertiary/aromatic N) is 3. The summed E-state index contributed by atoms with van der Waals surface area (Å²) in [6, 6.07) is 13.6. The van der Waals surface area contributed by atoms with E-state index in [0.29, 0.717) is 43.1 Å². The number of anilines is 1. The van der Waals surface area contributed by atoms with Gasteiger partial charge in [-0.3, -0.25) is 9.59 Å². The minimum absolute atomic E-state index is 0.182. The smallest absolute Gasteiger partial charge is 0.282 e. The Morgan fingerprint density at radius 2 is 1.52 bits per heavy atom. The summed E-state index contributed by atoms with van der Waals surface area (Å²) in [4.78, 5) is 29.7. The van der Waals surface area contributed by atoms with Crippen LogP contribution in [0.4, 0.5) is 10.1 Å². The van der Waals surface area contributed by atoms with Crippen molar-refractivity contribution in [1.29, 1.82) is 5.26 Å². The van der Waals surface area contributed by atoms with Crippen LogP contribution in [0.1, 0.15) is 11.1 Å². The topological polar surface area (TPSA) is 82.9 Å². The van der Waals surface area contributed by atoms with Gasteiger partial charge in [-0.05, 0) is 42.0 Å². The molecule has 0 fully saturated rings. The zero-order valence-corrected chi connectivity index (χ0v) is 17.3. The lowest BCUT2D eigenvalue weighted by atomic mass is 10.0. The van der Waals surface area contributed by atoms with Crippen LogP contribution in [0.2, 0.25) is 0 Å². The quantitative estimate of drug-likeness (QED) is 0.577. The Balaban J connectivity index is 2.10. The van der Waals surface area contributed by atoms with Gasteiger partial charge in [0.15, 0.2) is 0 Å². The number of imide groups is 1. The highest BCUT2D eigenvalue weighted by molar-refractivity contribution is 6.45. The Hall–Kier alpha value is -3.54. The van der Waals surface area contributed by atoms with E-state index in [1.807, 2.05) is 6.07 Å². The molecule has 0 radical (unpaired) electrons. The lowest BCUT2D eigenvalue weighted by molar-refractivity contribution is -0.120. The zero-order valence-electron chi connectivity index (χ0n) is 17.3. The molecule has 1 aliphatic rings. The van der Waals surface area contributed by atoms with E-state index in [0.717, 1.165) is 4.90 Å². The van der Waals surface area contributed by atoms with Crippen LogP contribution >= 0.6 is 0 Å². The molecule has 0 saturated carbocycles. The van der Waals surface area contributed by atoms with Crippen molar-refractivity contribution in [3.05, 3.63) is 71.2 Å². The predicted octanol–water partition coefficient (Wildman–Crippen LogP) is 2.58. The van der Waals surface area contributed by atoms with Gasteiger partial charge in [0.25, 0.3) is 11.8 Å². The first kappa shape index (κ1) is 22.2. The van der Waals surface area contributed by atoms with Crippen LogP contribution in [0.3, 0.4) is 0 Å². The van der Waals surface area contributed by atoms with Crippen LogP contribution in [0, 0.1) is 17.1 Å². The largest absolute Gasteiger partial charge is 0.383 e. The van der Waals surface area contributed by atoms with Crippen molar-refractivity contribution in [2.45, 2.75) is 0 Å². The number of carbonyl (C=O) groups excluding carboxylic acids is 2. The summed E-state index contributed by atoms with van der Waals surface area (Å²) in [6.07, 6.45) is 0. The molecule has 8 heteroatoms. The first-order chi connectivity index (χ1) is 15.0. The summed E-state index contributed by atoms with van der Waals surface area (Å²) in [7, 11) is 3.10. The molecule has 2 aromatic carbocycles. The number of rotatable bonds is 9. The van der Waals surface area contributed by atoms with E-state index in [1.165, 1.54) is 24.3 Å². The van der Waals surface area contributed by atoms with Gasteiger partial charge in [0.2, 0.25) is 0 Å². The summed E-state index contributed by atoms with van der Waals surface area (Å²) in [5, 5.41) is 9.02. The number of carbonyl (C=O) groups is 2. The van der Waals surface area contributed by atoms with Crippen molar-refractivity contribution < 1.29 is 23.5 Å². The van der Waals surface area contributed by atoms with Crippen LogP contribution in [0.5, 0.6) is 0 Å². The molecule has 0 atom stereocenters. The van der Waals surface area contributed by atoms with Crippen LogP contribution in [-0.2, 0) is 19.1 Å². The molecule has 2 aromatic rings. The number of methoxy groups -OCH3 is 2. The third-order valence-electron chi connectivity index (χ3n) is 4.89. The molecule has 2 amide bonds. The van der Waals surface area contributed by atoms with Crippen molar-refractivity contribution in [1.82, 2.24) is 4.90 Å². The second kappa shape index (κ2) is 9.98. The Morgan fingerprint density at radius 3 is 2.03 bits per heavy atom.